The third-order valence-electron chi connectivity index (χ3n) is 2.18. The molecule has 80 valence electrons. The van der Waals surface area contributed by atoms with Gasteiger partial charge in [-0.05, 0) is 37.1 Å². The Hall–Kier alpha value is -1.44. The third-order valence-corrected chi connectivity index (χ3v) is 2.18. The average Bonchev–Trinajstić information content (AvgIpc) is 2.30. The molecule has 0 atom stereocenters. The molecule has 0 fully saturated rings. The highest BCUT2D eigenvalue weighted by Gasteiger charge is 1.97. The summed E-state index contributed by atoms with van der Waals surface area (Å²) in [6.07, 6.45) is 1.07. The van der Waals surface area contributed by atoms with Crippen molar-refractivity contribution in [3.63, 3.8) is 0 Å². The first-order valence-corrected chi connectivity index (χ1v) is 5.52. The minimum atomic E-state index is 0.973. The minimum absolute atomic E-state index is 0.973. The summed E-state index contributed by atoms with van der Waals surface area (Å²) in [5, 5.41) is 9.31. The topological polar surface area (TPSA) is 25.8 Å². The van der Waals surface area contributed by atoms with E-state index in [1.165, 1.54) is 10.9 Å². The molecule has 2 heteroatoms. The molecule has 1 aromatic carbocycles. The van der Waals surface area contributed by atoms with Crippen molar-refractivity contribution < 1.29 is 0 Å². The fourth-order valence-corrected chi connectivity index (χ4v) is 1.42. The van der Waals surface area contributed by atoms with E-state index in [2.05, 4.69) is 35.3 Å². The van der Waals surface area contributed by atoms with E-state index in [-0.39, 0.29) is 0 Å². The van der Waals surface area contributed by atoms with Gasteiger partial charge in [0, 0.05) is 5.39 Å². The fourth-order valence-electron chi connectivity index (χ4n) is 1.42. The van der Waals surface area contributed by atoms with Crippen LogP contribution in [0, 0.1) is 6.92 Å². The fraction of sp³-hybridized carbons (Fsp3) is 0.385. The molecule has 0 aliphatic heterocycles. The number of aromatic nitrogens is 2. The molecular formula is C13H18N2. The third kappa shape index (κ3) is 2.75. The van der Waals surface area contributed by atoms with E-state index >= 15 is 0 Å². The molecule has 0 radical (unpaired) electrons. The van der Waals surface area contributed by atoms with Crippen LogP contribution in [0.5, 0.6) is 0 Å². The molecule has 2 nitrogen and oxygen atoms in total. The van der Waals surface area contributed by atoms with Gasteiger partial charge in [0.25, 0.3) is 0 Å². The zero-order valence-corrected chi connectivity index (χ0v) is 9.91. The van der Waals surface area contributed by atoms with Gasteiger partial charge < -0.3 is 0 Å². The molecule has 1 heterocycles. The average molecular weight is 202 g/mol. The largest absolute Gasteiger partial charge is 0.155 e. The van der Waals surface area contributed by atoms with Crippen molar-refractivity contribution in [2.24, 2.45) is 0 Å². The van der Waals surface area contributed by atoms with Gasteiger partial charge in [0.2, 0.25) is 0 Å². The number of benzene rings is 1. The quantitative estimate of drug-likeness (QED) is 0.707. The number of hydrogen-bond donors (Lipinski definition) is 0. The maximum atomic E-state index is 4.11. The lowest BCUT2D eigenvalue weighted by molar-refractivity contribution is 1.02. The van der Waals surface area contributed by atoms with E-state index in [1.807, 2.05) is 26.8 Å². The molecule has 0 saturated carbocycles. The summed E-state index contributed by atoms with van der Waals surface area (Å²) in [6.45, 7) is 8.12. The second-order valence-electron chi connectivity index (χ2n) is 3.23. The highest BCUT2D eigenvalue weighted by atomic mass is 15.1. The Morgan fingerprint density at radius 1 is 1.07 bits per heavy atom. The van der Waals surface area contributed by atoms with Crippen LogP contribution in [0.15, 0.2) is 24.3 Å². The molecule has 0 bridgehead atoms. The molecule has 0 N–H and O–H groups in total. The van der Waals surface area contributed by atoms with Crippen LogP contribution < -0.4 is 0 Å². The normalized spacial score (nSPS) is 9.60. The summed E-state index contributed by atoms with van der Waals surface area (Å²) in [6, 6.07) is 8.38. The van der Waals surface area contributed by atoms with Gasteiger partial charge in [-0.1, -0.05) is 26.8 Å². The molecule has 0 aliphatic rings. The summed E-state index contributed by atoms with van der Waals surface area (Å²) >= 11 is 0. The Morgan fingerprint density at radius 3 is 2.47 bits per heavy atom. The summed E-state index contributed by atoms with van der Waals surface area (Å²) < 4.78 is 0. The number of nitrogens with zero attached hydrogens (tertiary/aromatic N) is 2. The first-order valence-electron chi connectivity index (χ1n) is 5.52. The van der Waals surface area contributed by atoms with Gasteiger partial charge in [-0.2, -0.15) is 10.2 Å². The van der Waals surface area contributed by atoms with Gasteiger partial charge >= 0.3 is 0 Å². The van der Waals surface area contributed by atoms with Crippen LogP contribution in [0.1, 0.15) is 32.0 Å². The van der Waals surface area contributed by atoms with E-state index in [9.17, 15) is 0 Å². The van der Waals surface area contributed by atoms with E-state index in [0.717, 1.165) is 17.6 Å². The standard InChI is InChI=1S/C11H12N2.C2H6/c1-3-9-4-5-11-10(7-9)6-8(2)12-13-11;1-2/h4-7H,3H2,1-2H3;1-2H3. The number of fused-ring (bicyclic) bond motifs is 1. The molecule has 0 amide bonds. The zero-order valence-electron chi connectivity index (χ0n) is 9.91. The van der Waals surface area contributed by atoms with Crippen molar-refractivity contribution in [3.05, 3.63) is 35.5 Å². The Balaban J connectivity index is 0.000000531. The number of hydrogen-bond acceptors (Lipinski definition) is 2. The first-order chi connectivity index (χ1) is 7.29. The van der Waals surface area contributed by atoms with Crippen molar-refractivity contribution in [1.29, 1.82) is 0 Å². The predicted molar refractivity (Wildman–Crippen MR) is 65.0 cm³/mol. The molecular weight excluding hydrogens is 184 g/mol. The van der Waals surface area contributed by atoms with Crippen LogP contribution in [0.2, 0.25) is 0 Å². The van der Waals surface area contributed by atoms with Crippen LogP contribution >= 0.6 is 0 Å². The van der Waals surface area contributed by atoms with Gasteiger partial charge in [-0.3, -0.25) is 0 Å². The van der Waals surface area contributed by atoms with Gasteiger partial charge in [-0.25, -0.2) is 0 Å². The molecule has 0 unspecified atom stereocenters. The lowest BCUT2D eigenvalue weighted by Crippen LogP contribution is -1.88. The Bertz CT molecular complexity index is 435. The molecule has 0 saturated heterocycles. The van der Waals surface area contributed by atoms with E-state index in [4.69, 9.17) is 0 Å². The summed E-state index contributed by atoms with van der Waals surface area (Å²) in [5.74, 6) is 0. The molecule has 0 aliphatic carbocycles. The summed E-state index contributed by atoms with van der Waals surface area (Å²) in [7, 11) is 0. The molecule has 1 aromatic heterocycles. The molecule has 15 heavy (non-hydrogen) atoms. The molecule has 2 aromatic rings. The second kappa shape index (κ2) is 5.44. The smallest absolute Gasteiger partial charge is 0.0930 e. The van der Waals surface area contributed by atoms with Crippen LogP contribution in [0.25, 0.3) is 10.9 Å². The van der Waals surface area contributed by atoms with Crippen molar-refractivity contribution in [3.8, 4) is 0 Å². The van der Waals surface area contributed by atoms with E-state index < -0.39 is 0 Å². The SMILES string of the molecule is CC.CCc1ccc2nnc(C)cc2c1. The van der Waals surface area contributed by atoms with Crippen molar-refractivity contribution in [2.75, 3.05) is 0 Å². The van der Waals surface area contributed by atoms with Crippen LogP contribution in [-0.2, 0) is 6.42 Å². The van der Waals surface area contributed by atoms with Crippen molar-refractivity contribution in [2.45, 2.75) is 34.1 Å². The maximum Gasteiger partial charge on any atom is 0.0930 e. The van der Waals surface area contributed by atoms with Gasteiger partial charge in [0.1, 0.15) is 0 Å². The van der Waals surface area contributed by atoms with E-state index in [1.54, 1.807) is 0 Å². The number of rotatable bonds is 1. The van der Waals surface area contributed by atoms with Crippen molar-refractivity contribution >= 4 is 10.9 Å². The Labute approximate surface area is 91.4 Å². The second-order valence-corrected chi connectivity index (χ2v) is 3.23. The Morgan fingerprint density at radius 2 is 1.80 bits per heavy atom. The highest BCUT2D eigenvalue weighted by molar-refractivity contribution is 5.78. The zero-order chi connectivity index (χ0) is 11.3. The lowest BCUT2D eigenvalue weighted by Gasteiger charge is -2.00. The van der Waals surface area contributed by atoms with Crippen LogP contribution in [0.3, 0.4) is 0 Å². The monoisotopic (exact) mass is 202 g/mol. The first kappa shape index (κ1) is 11.6. The van der Waals surface area contributed by atoms with Crippen molar-refractivity contribution in [1.82, 2.24) is 10.2 Å². The van der Waals surface area contributed by atoms with Gasteiger partial charge in [-0.15, -0.1) is 0 Å². The lowest BCUT2D eigenvalue weighted by atomic mass is 10.1. The van der Waals surface area contributed by atoms with Gasteiger partial charge in [0.05, 0.1) is 11.2 Å². The highest BCUT2D eigenvalue weighted by Crippen LogP contribution is 2.13. The van der Waals surface area contributed by atoms with Gasteiger partial charge in [0.15, 0.2) is 0 Å². The van der Waals surface area contributed by atoms with Crippen LogP contribution in [-0.4, -0.2) is 10.2 Å². The number of aryl methyl sites for hydroxylation is 2. The Kier molecular flexibility index (Phi) is 4.22. The van der Waals surface area contributed by atoms with E-state index in [0.29, 0.717) is 0 Å². The predicted octanol–water partition coefficient (Wildman–Crippen LogP) is 3.53. The summed E-state index contributed by atoms with van der Waals surface area (Å²) in [5.41, 5.74) is 3.29. The minimum Gasteiger partial charge on any atom is -0.155 e. The summed E-state index contributed by atoms with van der Waals surface area (Å²) in [4.78, 5) is 0. The molecule has 2 rings (SSSR count). The molecule has 0 spiro atoms. The maximum absolute atomic E-state index is 4.11. The van der Waals surface area contributed by atoms with Crippen LogP contribution in [0.4, 0.5) is 0 Å².